The molecule has 0 saturated carbocycles. The molecule has 0 aliphatic carbocycles. The van der Waals surface area contributed by atoms with Gasteiger partial charge in [-0.15, -0.1) is 0 Å². The number of nitrogens with one attached hydrogen (secondary N) is 3. The van der Waals surface area contributed by atoms with Gasteiger partial charge >= 0.3 is 11.9 Å². The summed E-state index contributed by atoms with van der Waals surface area (Å²) in [7, 11) is 0. The minimum absolute atomic E-state index is 0.182. The van der Waals surface area contributed by atoms with Gasteiger partial charge in [0.1, 0.15) is 0 Å². The number of H-pyrrole nitrogens is 3. The summed E-state index contributed by atoms with van der Waals surface area (Å²) in [4.78, 5) is 43.1. The maximum absolute atomic E-state index is 13.2. The highest BCUT2D eigenvalue weighted by Gasteiger charge is 2.33. The third-order valence-electron chi connectivity index (χ3n) is 5.93. The van der Waals surface area contributed by atoms with Crippen LogP contribution in [0.1, 0.15) is 47.8 Å². The molecular formula is C22H22F3N5O3. The summed E-state index contributed by atoms with van der Waals surface area (Å²) in [6.45, 7) is 2.03. The molecule has 11 heteroatoms. The number of carbonyl (C=O) groups excluding carboxylic acids is 1. The van der Waals surface area contributed by atoms with Gasteiger partial charge in [-0.05, 0) is 43.9 Å². The van der Waals surface area contributed by atoms with Crippen LogP contribution in [0.3, 0.4) is 0 Å². The van der Waals surface area contributed by atoms with Crippen LogP contribution in [0.5, 0.6) is 0 Å². The van der Waals surface area contributed by atoms with Crippen LogP contribution in [0.25, 0.3) is 11.1 Å². The first-order chi connectivity index (χ1) is 15.6. The van der Waals surface area contributed by atoms with Gasteiger partial charge < -0.3 is 9.88 Å². The van der Waals surface area contributed by atoms with E-state index in [1.165, 1.54) is 18.3 Å². The Morgan fingerprint density at radius 2 is 1.88 bits per heavy atom. The number of hydrogen-bond acceptors (Lipinski definition) is 4. The molecule has 2 aromatic heterocycles. The number of benzene rings is 1. The molecule has 174 valence electrons. The first-order valence-corrected chi connectivity index (χ1v) is 10.5. The highest BCUT2D eigenvalue weighted by molar-refractivity contribution is 5.80. The molecule has 1 aliphatic heterocycles. The summed E-state index contributed by atoms with van der Waals surface area (Å²) in [6.07, 6.45) is -0.792. The van der Waals surface area contributed by atoms with Gasteiger partial charge in [0.2, 0.25) is 5.91 Å². The molecule has 1 saturated heterocycles. The lowest BCUT2D eigenvalue weighted by molar-refractivity contribution is -0.137. The van der Waals surface area contributed by atoms with Crippen molar-refractivity contribution in [3.8, 4) is 11.1 Å². The Kier molecular flexibility index (Phi) is 5.96. The van der Waals surface area contributed by atoms with Crippen molar-refractivity contribution in [2.24, 2.45) is 0 Å². The topological polar surface area (TPSA) is 115 Å². The Morgan fingerprint density at radius 3 is 2.55 bits per heavy atom. The number of likely N-dealkylation sites (tertiary alicyclic amines) is 1. The fourth-order valence-electron chi connectivity index (χ4n) is 4.24. The number of hydrogen-bond donors (Lipinski definition) is 3. The zero-order chi connectivity index (χ0) is 23.8. The van der Waals surface area contributed by atoms with Gasteiger partial charge in [0.15, 0.2) is 0 Å². The number of halogens is 3. The van der Waals surface area contributed by atoms with Gasteiger partial charge in [-0.25, -0.2) is 4.79 Å². The van der Waals surface area contributed by atoms with Gasteiger partial charge in [-0.1, -0.05) is 12.1 Å². The second-order valence-corrected chi connectivity index (χ2v) is 8.06. The molecule has 0 unspecified atom stereocenters. The third-order valence-corrected chi connectivity index (χ3v) is 5.93. The summed E-state index contributed by atoms with van der Waals surface area (Å²) < 4.78 is 38.8. The molecule has 1 atom stereocenters. The first-order valence-electron chi connectivity index (χ1n) is 10.5. The average molecular weight is 461 g/mol. The second-order valence-electron chi connectivity index (χ2n) is 8.06. The quantitative estimate of drug-likeness (QED) is 0.554. The van der Waals surface area contributed by atoms with Gasteiger partial charge in [-0.3, -0.25) is 19.7 Å². The molecule has 0 radical (unpaired) electrons. The van der Waals surface area contributed by atoms with E-state index in [9.17, 15) is 27.6 Å². The molecule has 1 aliphatic rings. The summed E-state index contributed by atoms with van der Waals surface area (Å²) in [5, 5.41) is 7.00. The Balaban J connectivity index is 1.63. The van der Waals surface area contributed by atoms with Crippen molar-refractivity contribution in [1.82, 2.24) is 25.1 Å². The molecule has 8 nitrogen and oxygen atoms in total. The van der Waals surface area contributed by atoms with E-state index in [4.69, 9.17) is 0 Å². The molecule has 1 aromatic carbocycles. The van der Waals surface area contributed by atoms with Crippen molar-refractivity contribution < 1.29 is 18.0 Å². The molecule has 4 rings (SSSR count). The van der Waals surface area contributed by atoms with E-state index in [-0.39, 0.29) is 23.9 Å². The van der Waals surface area contributed by atoms with E-state index in [1.54, 1.807) is 11.8 Å². The van der Waals surface area contributed by atoms with Crippen molar-refractivity contribution >= 4 is 5.91 Å². The van der Waals surface area contributed by atoms with Gasteiger partial charge in [0, 0.05) is 23.4 Å². The largest absolute Gasteiger partial charge is 0.416 e. The zero-order valence-electron chi connectivity index (χ0n) is 17.8. The van der Waals surface area contributed by atoms with Crippen molar-refractivity contribution in [3.63, 3.8) is 0 Å². The van der Waals surface area contributed by atoms with Crippen LogP contribution in [-0.4, -0.2) is 37.5 Å². The Hall–Kier alpha value is -3.63. The summed E-state index contributed by atoms with van der Waals surface area (Å²) in [6, 6.07) is 4.43. The normalized spacial score (nSPS) is 16.7. The number of nitrogens with zero attached hydrogens (tertiary/aromatic N) is 2. The Labute approximate surface area is 185 Å². The molecule has 1 fully saturated rings. The van der Waals surface area contributed by atoms with Crippen molar-refractivity contribution in [2.45, 2.75) is 44.8 Å². The number of carbonyl (C=O) groups is 1. The van der Waals surface area contributed by atoms with Crippen LogP contribution >= 0.6 is 0 Å². The molecule has 33 heavy (non-hydrogen) atoms. The number of aromatic amines is 3. The third kappa shape index (κ3) is 4.62. The molecule has 3 N–H and O–H groups in total. The highest BCUT2D eigenvalue weighted by atomic mass is 19.4. The van der Waals surface area contributed by atoms with Crippen molar-refractivity contribution in [2.75, 3.05) is 6.54 Å². The fraction of sp³-hybridized carbons (Fsp3) is 0.364. The van der Waals surface area contributed by atoms with Crippen LogP contribution in [0.4, 0.5) is 13.2 Å². The standard InChI is InChI=1S/C22H22F3N5O3/c1-12-15(20(32)28-21(33)27-12)10-18(31)30-9-3-2-4-17(30)19-16(11-26-29-19)13-5-7-14(8-6-13)22(23,24)25/h5-8,11,17H,2-4,9-10H2,1H3,(H,26,29)(H2,27,28,32,33)/t17-/m0/s1. The number of amides is 1. The van der Waals surface area contributed by atoms with E-state index in [0.29, 0.717) is 35.5 Å². The average Bonchev–Trinajstić information content (AvgIpc) is 3.25. The lowest BCUT2D eigenvalue weighted by atomic mass is 9.93. The maximum Gasteiger partial charge on any atom is 0.416 e. The maximum atomic E-state index is 13.2. The van der Waals surface area contributed by atoms with E-state index >= 15 is 0 Å². The van der Waals surface area contributed by atoms with Crippen LogP contribution in [-0.2, 0) is 17.4 Å². The predicted octanol–water partition coefficient (Wildman–Crippen LogP) is 3.08. The molecule has 0 bridgehead atoms. The summed E-state index contributed by atoms with van der Waals surface area (Å²) >= 11 is 0. The van der Waals surface area contributed by atoms with Crippen molar-refractivity contribution in [1.29, 1.82) is 0 Å². The predicted molar refractivity (Wildman–Crippen MR) is 113 cm³/mol. The molecular weight excluding hydrogens is 439 g/mol. The SMILES string of the molecule is Cc1[nH]c(=O)[nH]c(=O)c1CC(=O)N1CCCC[C@H]1c1[nH]ncc1-c1ccc(C(F)(F)F)cc1. The molecule has 3 heterocycles. The van der Waals surface area contributed by atoms with E-state index in [0.717, 1.165) is 25.0 Å². The van der Waals surface area contributed by atoms with Crippen LogP contribution < -0.4 is 11.2 Å². The van der Waals surface area contributed by atoms with Crippen molar-refractivity contribution in [3.05, 3.63) is 73.8 Å². The first kappa shape index (κ1) is 22.6. The lowest BCUT2D eigenvalue weighted by Crippen LogP contribution is -2.41. The number of rotatable bonds is 4. The molecule has 0 spiro atoms. The second kappa shape index (κ2) is 8.72. The van der Waals surface area contributed by atoms with Crippen LogP contribution in [0.15, 0.2) is 40.1 Å². The van der Waals surface area contributed by atoms with E-state index in [2.05, 4.69) is 20.2 Å². The lowest BCUT2D eigenvalue weighted by Gasteiger charge is -2.36. The highest BCUT2D eigenvalue weighted by Crippen LogP contribution is 2.37. The Bertz CT molecular complexity index is 1270. The van der Waals surface area contributed by atoms with E-state index in [1.807, 2.05) is 0 Å². The van der Waals surface area contributed by atoms with Crippen LogP contribution in [0.2, 0.25) is 0 Å². The van der Waals surface area contributed by atoms with Gasteiger partial charge in [0.25, 0.3) is 5.56 Å². The smallest absolute Gasteiger partial charge is 0.334 e. The minimum atomic E-state index is -4.43. The van der Waals surface area contributed by atoms with Crippen LogP contribution in [0, 0.1) is 6.92 Å². The zero-order valence-corrected chi connectivity index (χ0v) is 17.8. The van der Waals surface area contributed by atoms with Gasteiger partial charge in [-0.2, -0.15) is 18.3 Å². The molecule has 3 aromatic rings. The van der Waals surface area contributed by atoms with E-state index < -0.39 is 23.0 Å². The molecule has 1 amide bonds. The minimum Gasteiger partial charge on any atom is -0.334 e. The summed E-state index contributed by atoms with van der Waals surface area (Å²) in [5.41, 5.74) is 0.341. The monoisotopic (exact) mass is 461 g/mol. The van der Waals surface area contributed by atoms with Gasteiger partial charge in [0.05, 0.1) is 29.9 Å². The number of alkyl halides is 3. The number of aryl methyl sites for hydroxylation is 1. The number of piperidine rings is 1. The number of aromatic nitrogens is 4. The Morgan fingerprint density at radius 1 is 1.15 bits per heavy atom. The summed E-state index contributed by atoms with van der Waals surface area (Å²) in [5.74, 6) is -0.284. The fourth-order valence-corrected chi connectivity index (χ4v) is 4.24.